The Morgan fingerprint density at radius 2 is 1.41 bits per heavy atom. The van der Waals surface area contributed by atoms with Crippen LogP contribution in [-0.2, 0) is 4.74 Å². The van der Waals surface area contributed by atoms with E-state index in [1.807, 2.05) is 25.7 Å². The number of carbonyl (C=O) groups is 2. The number of amides is 3. The summed E-state index contributed by atoms with van der Waals surface area (Å²) in [6.45, 7) is 8.69. The lowest BCUT2D eigenvalue weighted by molar-refractivity contribution is -0.0503. The summed E-state index contributed by atoms with van der Waals surface area (Å²) < 4.78 is 5.43. The van der Waals surface area contributed by atoms with E-state index in [2.05, 4.69) is 5.32 Å². The van der Waals surface area contributed by atoms with Gasteiger partial charge in [0.2, 0.25) is 0 Å². The average molecular weight is 378 g/mol. The van der Waals surface area contributed by atoms with Crippen molar-refractivity contribution in [2.24, 2.45) is 23.2 Å². The van der Waals surface area contributed by atoms with E-state index in [4.69, 9.17) is 4.74 Å². The van der Waals surface area contributed by atoms with Gasteiger partial charge in [0.1, 0.15) is 5.60 Å². The van der Waals surface area contributed by atoms with Crippen molar-refractivity contribution in [3.63, 3.8) is 0 Å². The zero-order valence-electron chi connectivity index (χ0n) is 17.1. The summed E-state index contributed by atoms with van der Waals surface area (Å²) in [6.07, 6.45) is 7.94. The molecule has 0 spiro atoms. The maximum atomic E-state index is 12.7. The molecule has 0 radical (unpaired) electrons. The average Bonchev–Trinajstić information content (AvgIpc) is 2.57. The van der Waals surface area contributed by atoms with Crippen LogP contribution in [0.25, 0.3) is 0 Å². The topological polar surface area (TPSA) is 61.9 Å². The fourth-order valence-corrected chi connectivity index (χ4v) is 6.30. The molecule has 152 valence electrons. The van der Waals surface area contributed by atoms with Crippen molar-refractivity contribution in [1.82, 2.24) is 15.1 Å². The fraction of sp³-hybridized carbons (Fsp3) is 0.905. The molecule has 0 aromatic rings. The highest BCUT2D eigenvalue weighted by molar-refractivity contribution is 5.75. The molecular formula is C21H35N3O3. The summed E-state index contributed by atoms with van der Waals surface area (Å²) in [5, 5.41) is 3.24. The van der Waals surface area contributed by atoms with E-state index >= 15 is 0 Å². The number of nitrogens with zero attached hydrogens (tertiary/aromatic N) is 2. The van der Waals surface area contributed by atoms with E-state index in [0.717, 1.165) is 24.3 Å². The Hall–Kier alpha value is -1.46. The van der Waals surface area contributed by atoms with Crippen LogP contribution < -0.4 is 5.32 Å². The molecule has 1 N–H and O–H groups in total. The monoisotopic (exact) mass is 377 g/mol. The molecule has 5 fully saturated rings. The first-order chi connectivity index (χ1) is 12.7. The number of carbonyl (C=O) groups excluding carboxylic acids is 2. The van der Waals surface area contributed by atoms with E-state index in [1.54, 1.807) is 4.90 Å². The summed E-state index contributed by atoms with van der Waals surface area (Å²) in [6, 6.07) is 0.0367. The second-order valence-corrected chi connectivity index (χ2v) is 10.5. The standard InChI is InChI=1S/C21H35N3O3/c1-20(2,3)27-19(26)24-6-4-23(5-7-24)18(25)22-14-21-11-15-8-16(12-21)10-17(9-15)13-21/h15-17H,4-14H2,1-3H3,(H,22,25). The Balaban J connectivity index is 1.24. The van der Waals surface area contributed by atoms with Crippen molar-refractivity contribution in [3.8, 4) is 0 Å². The van der Waals surface area contributed by atoms with E-state index in [1.165, 1.54) is 38.5 Å². The molecule has 0 aromatic carbocycles. The van der Waals surface area contributed by atoms with E-state index in [-0.39, 0.29) is 12.1 Å². The Morgan fingerprint density at radius 1 is 0.926 bits per heavy atom. The molecule has 6 nitrogen and oxygen atoms in total. The number of piperazine rings is 1. The van der Waals surface area contributed by atoms with Crippen molar-refractivity contribution in [3.05, 3.63) is 0 Å². The second kappa shape index (κ2) is 6.85. The third-order valence-electron chi connectivity index (χ3n) is 7.00. The summed E-state index contributed by atoms with van der Waals surface area (Å²) in [4.78, 5) is 28.4. The maximum Gasteiger partial charge on any atom is 0.410 e. The zero-order chi connectivity index (χ0) is 19.2. The van der Waals surface area contributed by atoms with Crippen molar-refractivity contribution in [2.45, 2.75) is 64.9 Å². The smallest absolute Gasteiger partial charge is 0.410 e. The highest BCUT2D eigenvalue weighted by Gasteiger charge is 2.50. The molecule has 1 aliphatic heterocycles. The largest absolute Gasteiger partial charge is 0.444 e. The molecule has 3 amide bonds. The first-order valence-corrected chi connectivity index (χ1v) is 10.7. The quantitative estimate of drug-likeness (QED) is 0.801. The highest BCUT2D eigenvalue weighted by Crippen LogP contribution is 2.59. The molecule has 1 saturated heterocycles. The summed E-state index contributed by atoms with van der Waals surface area (Å²) in [5.41, 5.74) is -0.119. The van der Waals surface area contributed by atoms with Crippen LogP contribution in [0.15, 0.2) is 0 Å². The van der Waals surface area contributed by atoms with Crippen LogP contribution in [0.5, 0.6) is 0 Å². The zero-order valence-corrected chi connectivity index (χ0v) is 17.1. The third-order valence-corrected chi connectivity index (χ3v) is 7.00. The van der Waals surface area contributed by atoms with E-state index in [9.17, 15) is 9.59 Å². The SMILES string of the molecule is CC(C)(C)OC(=O)N1CCN(C(=O)NCC23CC4CC(CC(C4)C2)C3)CC1. The summed E-state index contributed by atoms with van der Waals surface area (Å²) in [7, 11) is 0. The van der Waals surface area contributed by atoms with Crippen molar-refractivity contribution in [1.29, 1.82) is 0 Å². The Morgan fingerprint density at radius 3 is 1.89 bits per heavy atom. The molecule has 0 atom stereocenters. The highest BCUT2D eigenvalue weighted by atomic mass is 16.6. The molecule has 27 heavy (non-hydrogen) atoms. The van der Waals surface area contributed by atoms with Crippen LogP contribution >= 0.6 is 0 Å². The number of hydrogen-bond acceptors (Lipinski definition) is 3. The number of rotatable bonds is 2. The van der Waals surface area contributed by atoms with Gasteiger partial charge >= 0.3 is 12.1 Å². The van der Waals surface area contributed by atoms with Gasteiger partial charge in [0, 0.05) is 32.7 Å². The van der Waals surface area contributed by atoms with Crippen LogP contribution in [-0.4, -0.2) is 60.2 Å². The lowest BCUT2D eigenvalue weighted by Gasteiger charge is -2.57. The maximum absolute atomic E-state index is 12.7. The fourth-order valence-electron chi connectivity index (χ4n) is 6.30. The molecule has 6 heteroatoms. The van der Waals surface area contributed by atoms with Crippen LogP contribution in [0.3, 0.4) is 0 Å². The number of urea groups is 1. The minimum absolute atomic E-state index is 0.0367. The third kappa shape index (κ3) is 4.19. The van der Waals surface area contributed by atoms with Gasteiger partial charge in [-0.05, 0) is 82.5 Å². The van der Waals surface area contributed by atoms with Crippen molar-refractivity contribution in [2.75, 3.05) is 32.7 Å². The molecule has 4 bridgehead atoms. The predicted molar refractivity (Wildman–Crippen MR) is 103 cm³/mol. The molecule has 4 saturated carbocycles. The number of hydrogen-bond donors (Lipinski definition) is 1. The number of ether oxygens (including phenoxy) is 1. The normalized spacial score (nSPS) is 35.3. The number of nitrogens with one attached hydrogen (secondary N) is 1. The van der Waals surface area contributed by atoms with E-state index in [0.29, 0.717) is 31.6 Å². The van der Waals surface area contributed by atoms with Crippen LogP contribution in [0.4, 0.5) is 9.59 Å². The second-order valence-electron chi connectivity index (χ2n) is 10.5. The molecule has 0 aromatic heterocycles. The molecule has 5 rings (SSSR count). The Labute approximate surface area is 163 Å². The van der Waals surface area contributed by atoms with Crippen LogP contribution in [0.1, 0.15) is 59.3 Å². The Bertz CT molecular complexity index is 555. The van der Waals surface area contributed by atoms with Gasteiger partial charge in [-0.3, -0.25) is 0 Å². The van der Waals surface area contributed by atoms with Gasteiger partial charge in [-0.2, -0.15) is 0 Å². The van der Waals surface area contributed by atoms with Crippen molar-refractivity contribution >= 4 is 12.1 Å². The van der Waals surface area contributed by atoms with Gasteiger partial charge in [0.05, 0.1) is 0 Å². The van der Waals surface area contributed by atoms with Crippen LogP contribution in [0, 0.1) is 23.2 Å². The molecule has 1 heterocycles. The van der Waals surface area contributed by atoms with Gasteiger partial charge < -0.3 is 19.9 Å². The summed E-state index contributed by atoms with van der Waals surface area (Å²) >= 11 is 0. The predicted octanol–water partition coefficient (Wildman–Crippen LogP) is 3.47. The molecular weight excluding hydrogens is 342 g/mol. The van der Waals surface area contributed by atoms with Gasteiger partial charge in [-0.1, -0.05) is 0 Å². The first-order valence-electron chi connectivity index (χ1n) is 10.7. The molecule has 0 unspecified atom stereocenters. The van der Waals surface area contributed by atoms with Crippen molar-refractivity contribution < 1.29 is 14.3 Å². The van der Waals surface area contributed by atoms with Gasteiger partial charge in [0.25, 0.3) is 0 Å². The minimum atomic E-state index is -0.483. The minimum Gasteiger partial charge on any atom is -0.444 e. The van der Waals surface area contributed by atoms with E-state index < -0.39 is 5.60 Å². The molecule has 4 aliphatic carbocycles. The first kappa shape index (κ1) is 18.9. The molecule has 5 aliphatic rings. The van der Waals surface area contributed by atoms with Gasteiger partial charge in [0.15, 0.2) is 0 Å². The Kier molecular flexibility index (Phi) is 4.79. The lowest BCUT2D eigenvalue weighted by Crippen LogP contribution is -2.56. The summed E-state index contributed by atoms with van der Waals surface area (Å²) in [5.74, 6) is 2.72. The van der Waals surface area contributed by atoms with Gasteiger partial charge in [-0.25, -0.2) is 9.59 Å². The van der Waals surface area contributed by atoms with Crippen LogP contribution in [0.2, 0.25) is 0 Å². The lowest BCUT2D eigenvalue weighted by atomic mass is 9.49. The van der Waals surface area contributed by atoms with Gasteiger partial charge in [-0.15, -0.1) is 0 Å².